The summed E-state index contributed by atoms with van der Waals surface area (Å²) in [5, 5.41) is 23.7. The number of unbranched alkanes of at least 4 members (excludes halogenated alkanes) is 15. The molecule has 0 aliphatic rings. The number of amides is 1. The predicted octanol–water partition coefficient (Wildman–Crippen LogP) is 15.3. The number of ether oxygens (including phenoxy) is 1. The van der Waals surface area contributed by atoms with Crippen LogP contribution in [0.2, 0.25) is 0 Å². The molecule has 0 bridgehead atoms. The highest BCUT2D eigenvalue weighted by Gasteiger charge is 2.24. The van der Waals surface area contributed by atoms with Gasteiger partial charge in [-0.2, -0.15) is 0 Å². The molecule has 0 aliphatic heterocycles. The molecule has 0 saturated carbocycles. The van der Waals surface area contributed by atoms with E-state index in [0.29, 0.717) is 25.7 Å². The van der Waals surface area contributed by atoms with Gasteiger partial charge >= 0.3 is 5.97 Å². The molecule has 3 atom stereocenters. The fourth-order valence-corrected chi connectivity index (χ4v) is 6.85. The third kappa shape index (κ3) is 44.7. The fourth-order valence-electron chi connectivity index (χ4n) is 6.85. The van der Waals surface area contributed by atoms with Crippen LogP contribution in [0.25, 0.3) is 0 Å². The van der Waals surface area contributed by atoms with E-state index < -0.39 is 18.2 Å². The molecule has 0 rings (SSSR count). The van der Waals surface area contributed by atoms with Crippen LogP contribution >= 0.6 is 0 Å². The number of nitrogens with one attached hydrogen (secondary N) is 1. The molecule has 6 nitrogen and oxygen atoms in total. The lowest BCUT2D eigenvalue weighted by Gasteiger charge is -2.24. The minimum absolute atomic E-state index is 0.0185. The fraction of sp³-hybridized carbons (Fsp3) is 0.614. The molecule has 3 unspecified atom stereocenters. The topological polar surface area (TPSA) is 95.9 Å². The molecule has 0 aromatic heterocycles. The predicted molar refractivity (Wildman–Crippen MR) is 273 cm³/mol. The third-order valence-electron chi connectivity index (χ3n) is 10.6. The van der Waals surface area contributed by atoms with Crippen molar-refractivity contribution in [1.29, 1.82) is 0 Å². The molecule has 3 N–H and O–H groups in total. The number of hydrogen-bond donors (Lipinski definition) is 3. The quantitative estimate of drug-likeness (QED) is 0.0245. The van der Waals surface area contributed by atoms with E-state index in [4.69, 9.17) is 4.74 Å². The number of carbonyl (C=O) groups is 2. The highest BCUT2D eigenvalue weighted by molar-refractivity contribution is 5.77. The maximum Gasteiger partial charge on any atom is 0.306 e. The second-order valence-corrected chi connectivity index (χ2v) is 16.6. The average Bonchev–Trinajstić information content (AvgIpc) is 3.28. The molecule has 1 amide bonds. The minimum Gasteiger partial charge on any atom is -0.462 e. The molecule has 0 aliphatic carbocycles. The number of aliphatic hydroxyl groups is 2. The second-order valence-electron chi connectivity index (χ2n) is 16.6. The van der Waals surface area contributed by atoms with E-state index in [0.717, 1.165) is 96.3 Å². The Balaban J connectivity index is 4.83. The molecule has 0 fully saturated rings. The van der Waals surface area contributed by atoms with Crippen molar-refractivity contribution >= 4 is 11.9 Å². The lowest BCUT2D eigenvalue weighted by molar-refractivity contribution is -0.151. The van der Waals surface area contributed by atoms with Crippen molar-refractivity contribution in [3.63, 3.8) is 0 Å². The van der Waals surface area contributed by atoms with Crippen molar-refractivity contribution in [2.75, 3.05) is 6.61 Å². The van der Waals surface area contributed by atoms with Crippen molar-refractivity contribution in [1.82, 2.24) is 5.32 Å². The molecular formula is C57H93NO5. The zero-order valence-electron chi connectivity index (χ0n) is 40.4. The smallest absolute Gasteiger partial charge is 0.306 e. The Labute approximate surface area is 387 Å². The van der Waals surface area contributed by atoms with E-state index in [9.17, 15) is 19.8 Å². The van der Waals surface area contributed by atoms with Gasteiger partial charge in [0, 0.05) is 6.42 Å². The Morgan fingerprint density at radius 3 is 1.49 bits per heavy atom. The van der Waals surface area contributed by atoms with E-state index in [-0.39, 0.29) is 24.9 Å². The van der Waals surface area contributed by atoms with Gasteiger partial charge < -0.3 is 20.3 Å². The summed E-state index contributed by atoms with van der Waals surface area (Å²) in [5.41, 5.74) is 0. The van der Waals surface area contributed by atoms with Crippen LogP contribution in [-0.4, -0.2) is 46.9 Å². The molecule has 0 radical (unpaired) electrons. The van der Waals surface area contributed by atoms with Gasteiger partial charge in [-0.25, -0.2) is 0 Å². The van der Waals surface area contributed by atoms with Gasteiger partial charge in [0.2, 0.25) is 5.91 Å². The van der Waals surface area contributed by atoms with Crippen LogP contribution in [0, 0.1) is 0 Å². The Morgan fingerprint density at radius 1 is 0.492 bits per heavy atom. The van der Waals surface area contributed by atoms with Gasteiger partial charge in [0.1, 0.15) is 6.10 Å². The second kappa shape index (κ2) is 49.3. The summed E-state index contributed by atoms with van der Waals surface area (Å²) in [6.07, 6.45) is 68.2. The summed E-state index contributed by atoms with van der Waals surface area (Å²) in [7, 11) is 0. The van der Waals surface area contributed by atoms with Crippen LogP contribution in [0.4, 0.5) is 0 Å². The van der Waals surface area contributed by atoms with Gasteiger partial charge in [0.15, 0.2) is 0 Å². The maximum atomic E-state index is 13.2. The summed E-state index contributed by atoms with van der Waals surface area (Å²) in [6, 6.07) is -0.735. The molecule has 0 spiro atoms. The first-order valence-corrected chi connectivity index (χ1v) is 25.3. The zero-order valence-corrected chi connectivity index (χ0v) is 40.4. The van der Waals surface area contributed by atoms with Crippen molar-refractivity contribution in [2.24, 2.45) is 0 Å². The first-order valence-electron chi connectivity index (χ1n) is 25.3. The summed E-state index contributed by atoms with van der Waals surface area (Å²) in [5.74, 6) is -0.599. The number of rotatable bonds is 43. The van der Waals surface area contributed by atoms with Crippen LogP contribution < -0.4 is 5.32 Å². The SMILES string of the molecule is CC/C=C\C/C=C\C/C=C\C/C=C\C/C=C\CCCC(=O)OC(CCCCC/C=C/C=C/C=C/C=C/C=C/CCC)CC(=O)NC(CO)C(O)CCCCCCCCCCCCC. The third-order valence-corrected chi connectivity index (χ3v) is 10.6. The van der Waals surface area contributed by atoms with Crippen molar-refractivity contribution in [2.45, 2.75) is 219 Å². The number of carbonyl (C=O) groups excluding carboxylic acids is 2. The molecule has 63 heavy (non-hydrogen) atoms. The first-order chi connectivity index (χ1) is 31.0. The monoisotopic (exact) mass is 872 g/mol. The van der Waals surface area contributed by atoms with Gasteiger partial charge in [0.25, 0.3) is 0 Å². The van der Waals surface area contributed by atoms with E-state index in [2.05, 4.69) is 111 Å². The first kappa shape index (κ1) is 59.3. The van der Waals surface area contributed by atoms with Gasteiger partial charge in [-0.15, -0.1) is 0 Å². The molecule has 0 aromatic carbocycles. The Kier molecular flexibility index (Phi) is 46.4. The van der Waals surface area contributed by atoms with Crippen LogP contribution in [0.1, 0.15) is 201 Å². The molecular weight excluding hydrogens is 779 g/mol. The zero-order chi connectivity index (χ0) is 45.9. The highest BCUT2D eigenvalue weighted by Crippen LogP contribution is 2.16. The summed E-state index contributed by atoms with van der Waals surface area (Å²) < 4.78 is 5.88. The van der Waals surface area contributed by atoms with Gasteiger partial charge in [-0.3, -0.25) is 9.59 Å². The number of aliphatic hydroxyl groups excluding tert-OH is 2. The van der Waals surface area contributed by atoms with Gasteiger partial charge in [-0.05, 0) is 83.5 Å². The van der Waals surface area contributed by atoms with Crippen molar-refractivity contribution < 1.29 is 24.5 Å². The van der Waals surface area contributed by atoms with Gasteiger partial charge in [0.05, 0.1) is 25.2 Å². The number of esters is 1. The largest absolute Gasteiger partial charge is 0.462 e. The van der Waals surface area contributed by atoms with Crippen LogP contribution in [0.15, 0.2) is 122 Å². The lowest BCUT2D eigenvalue weighted by atomic mass is 10.0. The van der Waals surface area contributed by atoms with Crippen LogP contribution in [0.3, 0.4) is 0 Å². The van der Waals surface area contributed by atoms with Crippen molar-refractivity contribution in [3.8, 4) is 0 Å². The summed E-state index contributed by atoms with van der Waals surface area (Å²) in [6.45, 7) is 6.23. The standard InChI is InChI=1S/C57H93NO5/c1-4-7-10-13-16-19-22-24-26-28-30-32-35-38-41-44-47-50-57(62)63-53(48-45-42-39-36-34-31-29-27-25-23-20-17-14-11-8-5-2)51-56(61)58-54(52-59)55(60)49-46-43-40-37-33-21-18-15-12-9-6-3/h7,10-11,14,16-17,19-20,23-27,29-32,34,38,41,53-55,59-60H,4-6,8-9,12-13,15,18,21-22,28,33,35-37,39-40,42-52H2,1-3H3,(H,58,61)/b10-7-,14-11+,19-16-,20-17+,25-23+,26-24-,29-27+,32-30-,34-31+,41-38-. The molecule has 6 heteroatoms. The minimum atomic E-state index is -0.817. The molecule has 0 heterocycles. The molecule has 0 aromatic rings. The Morgan fingerprint density at radius 2 is 0.952 bits per heavy atom. The number of allylic oxidation sites excluding steroid dienone is 20. The van der Waals surface area contributed by atoms with Gasteiger partial charge in [-0.1, -0.05) is 226 Å². The van der Waals surface area contributed by atoms with Crippen LogP contribution in [0.5, 0.6) is 0 Å². The van der Waals surface area contributed by atoms with E-state index in [1.807, 2.05) is 36.5 Å². The van der Waals surface area contributed by atoms with Crippen LogP contribution in [-0.2, 0) is 14.3 Å². The summed E-state index contributed by atoms with van der Waals surface area (Å²) in [4.78, 5) is 26.1. The van der Waals surface area contributed by atoms with E-state index >= 15 is 0 Å². The van der Waals surface area contributed by atoms with E-state index in [1.54, 1.807) is 0 Å². The lowest BCUT2D eigenvalue weighted by Crippen LogP contribution is -2.46. The highest BCUT2D eigenvalue weighted by atomic mass is 16.5. The van der Waals surface area contributed by atoms with E-state index in [1.165, 1.54) is 51.4 Å². The average molecular weight is 872 g/mol. The number of hydrogen-bond acceptors (Lipinski definition) is 5. The Bertz CT molecular complexity index is 1350. The van der Waals surface area contributed by atoms with Crippen molar-refractivity contribution in [3.05, 3.63) is 122 Å². The summed E-state index contributed by atoms with van der Waals surface area (Å²) >= 11 is 0. The molecule has 0 saturated heterocycles. The Hall–Kier alpha value is -3.74. The molecule has 356 valence electrons. The normalized spacial score (nSPS) is 14.3. The maximum absolute atomic E-state index is 13.2.